The Labute approximate surface area is 207 Å². The summed E-state index contributed by atoms with van der Waals surface area (Å²) in [5.74, 6) is 0. The molecule has 172 valence electrons. The lowest BCUT2D eigenvalue weighted by Crippen LogP contribution is -2.35. The molecule has 4 aromatic rings. The molecule has 0 aliphatic carbocycles. The summed E-state index contributed by atoms with van der Waals surface area (Å²) < 4.78 is 5.29. The zero-order valence-electron chi connectivity index (χ0n) is 18.5. The van der Waals surface area contributed by atoms with E-state index in [-0.39, 0.29) is 0 Å². The highest BCUT2D eigenvalue weighted by Gasteiger charge is 2.16. The van der Waals surface area contributed by atoms with Crippen LogP contribution in [-0.4, -0.2) is 29.8 Å². The van der Waals surface area contributed by atoms with Gasteiger partial charge in [-0.05, 0) is 68.8 Å². The number of hydrogen-bond acceptors (Lipinski definition) is 3. The third kappa shape index (κ3) is 5.49. The predicted molar refractivity (Wildman–Crippen MR) is 139 cm³/mol. The standard InChI is InChI=1S/C25H24Cl3N3O2/c1-25(2,3)33-24(32)30-9-8-29-22-13-23-18(17-11-15(26)5-7-21(17)31-23)12-16(22)14-4-6-19(27)20(28)10-14/h4-7,10-13,29,31H,8-9H2,1-3H3,(H,30,32). The Kier molecular flexibility index (Phi) is 6.66. The topological polar surface area (TPSA) is 66.2 Å². The van der Waals surface area contributed by atoms with Crippen LogP contribution in [0.25, 0.3) is 32.9 Å². The monoisotopic (exact) mass is 503 g/mol. The van der Waals surface area contributed by atoms with Gasteiger partial charge in [-0.15, -0.1) is 0 Å². The molecule has 0 saturated carbocycles. The number of H-pyrrole nitrogens is 1. The minimum Gasteiger partial charge on any atom is -0.444 e. The first kappa shape index (κ1) is 23.6. The minimum absolute atomic E-state index is 0.399. The molecule has 0 aliphatic heterocycles. The number of aromatic nitrogens is 1. The van der Waals surface area contributed by atoms with E-state index in [4.69, 9.17) is 39.5 Å². The van der Waals surface area contributed by atoms with E-state index in [1.807, 2.05) is 51.1 Å². The lowest BCUT2D eigenvalue weighted by molar-refractivity contribution is 0.0530. The molecule has 0 unspecified atom stereocenters. The van der Waals surface area contributed by atoms with Crippen LogP contribution in [0.2, 0.25) is 15.1 Å². The number of alkyl carbamates (subject to hydrolysis) is 1. The van der Waals surface area contributed by atoms with E-state index in [9.17, 15) is 4.79 Å². The van der Waals surface area contributed by atoms with E-state index in [1.165, 1.54) is 0 Å². The average Bonchev–Trinajstić information content (AvgIpc) is 3.08. The second kappa shape index (κ2) is 9.34. The van der Waals surface area contributed by atoms with Crippen molar-refractivity contribution in [3.05, 3.63) is 63.6 Å². The van der Waals surface area contributed by atoms with E-state index >= 15 is 0 Å². The van der Waals surface area contributed by atoms with Crippen molar-refractivity contribution in [3.63, 3.8) is 0 Å². The zero-order chi connectivity index (χ0) is 23.8. The lowest BCUT2D eigenvalue weighted by Gasteiger charge is -2.20. The molecule has 0 spiro atoms. The smallest absolute Gasteiger partial charge is 0.407 e. The summed E-state index contributed by atoms with van der Waals surface area (Å²) in [7, 11) is 0. The highest BCUT2D eigenvalue weighted by molar-refractivity contribution is 6.42. The van der Waals surface area contributed by atoms with Gasteiger partial charge < -0.3 is 20.4 Å². The second-order valence-corrected chi connectivity index (χ2v) is 9.99. The molecule has 1 aromatic heterocycles. The third-order valence-corrected chi connectivity index (χ3v) is 6.01. The highest BCUT2D eigenvalue weighted by atomic mass is 35.5. The molecule has 4 rings (SSSR count). The van der Waals surface area contributed by atoms with E-state index in [1.54, 1.807) is 6.07 Å². The lowest BCUT2D eigenvalue weighted by atomic mass is 10.0. The number of fused-ring (bicyclic) bond motifs is 3. The molecule has 33 heavy (non-hydrogen) atoms. The number of ether oxygens (including phenoxy) is 1. The van der Waals surface area contributed by atoms with Gasteiger partial charge in [0.05, 0.1) is 10.0 Å². The van der Waals surface area contributed by atoms with Crippen molar-refractivity contribution in [2.24, 2.45) is 0 Å². The van der Waals surface area contributed by atoms with Crippen molar-refractivity contribution in [2.75, 3.05) is 18.4 Å². The molecule has 0 bridgehead atoms. The molecule has 1 heterocycles. The van der Waals surface area contributed by atoms with E-state index in [0.29, 0.717) is 28.2 Å². The van der Waals surface area contributed by atoms with E-state index < -0.39 is 11.7 Å². The maximum absolute atomic E-state index is 11.9. The molecule has 3 aromatic carbocycles. The Morgan fingerprint density at radius 3 is 2.39 bits per heavy atom. The van der Waals surface area contributed by atoms with Crippen LogP contribution in [0.3, 0.4) is 0 Å². The van der Waals surface area contributed by atoms with Gasteiger partial charge >= 0.3 is 6.09 Å². The van der Waals surface area contributed by atoms with Crippen molar-refractivity contribution >= 4 is 68.4 Å². The first-order valence-corrected chi connectivity index (χ1v) is 11.7. The van der Waals surface area contributed by atoms with Gasteiger partial charge in [-0.2, -0.15) is 0 Å². The second-order valence-electron chi connectivity index (χ2n) is 8.74. The minimum atomic E-state index is -0.540. The number of nitrogens with one attached hydrogen (secondary N) is 3. The SMILES string of the molecule is CC(C)(C)OC(=O)NCCNc1cc2[nH]c3ccc(Cl)cc3c2cc1-c1ccc(Cl)c(Cl)c1. The summed E-state index contributed by atoms with van der Waals surface area (Å²) in [5, 5.41) is 9.92. The van der Waals surface area contributed by atoms with Crippen LogP contribution in [-0.2, 0) is 4.74 Å². The van der Waals surface area contributed by atoms with Gasteiger partial charge in [0.2, 0.25) is 0 Å². The molecule has 0 fully saturated rings. The maximum atomic E-state index is 11.9. The fourth-order valence-corrected chi connectivity index (χ4v) is 4.11. The van der Waals surface area contributed by atoms with Gasteiger partial charge in [-0.3, -0.25) is 0 Å². The van der Waals surface area contributed by atoms with Crippen LogP contribution >= 0.6 is 34.8 Å². The molecular formula is C25H24Cl3N3O2. The maximum Gasteiger partial charge on any atom is 0.407 e. The molecule has 1 amide bonds. The van der Waals surface area contributed by atoms with Crippen LogP contribution in [0.4, 0.5) is 10.5 Å². The largest absolute Gasteiger partial charge is 0.444 e. The van der Waals surface area contributed by atoms with Crippen LogP contribution in [0.15, 0.2) is 48.5 Å². The Hall–Kier alpha value is -2.60. The molecule has 0 aliphatic rings. The quantitative estimate of drug-likeness (QED) is 0.242. The summed E-state index contributed by atoms with van der Waals surface area (Å²) in [6.45, 7) is 6.40. The van der Waals surface area contributed by atoms with Crippen LogP contribution in [0.1, 0.15) is 20.8 Å². The number of anilines is 1. The zero-order valence-corrected chi connectivity index (χ0v) is 20.8. The number of hydrogen-bond donors (Lipinski definition) is 3. The van der Waals surface area contributed by atoms with Crippen molar-refractivity contribution in [3.8, 4) is 11.1 Å². The number of benzene rings is 3. The number of aromatic amines is 1. The Balaban J connectivity index is 1.67. The summed E-state index contributed by atoms with van der Waals surface area (Å²) in [5.41, 5.74) is 4.20. The average molecular weight is 505 g/mol. The number of carbonyl (C=O) groups is 1. The highest BCUT2D eigenvalue weighted by Crippen LogP contribution is 2.38. The van der Waals surface area contributed by atoms with Gasteiger partial charge in [0.15, 0.2) is 0 Å². The van der Waals surface area contributed by atoms with Crippen LogP contribution in [0.5, 0.6) is 0 Å². The van der Waals surface area contributed by atoms with Crippen molar-refractivity contribution in [1.82, 2.24) is 10.3 Å². The molecule has 8 heteroatoms. The third-order valence-electron chi connectivity index (χ3n) is 5.04. The van der Waals surface area contributed by atoms with Crippen molar-refractivity contribution in [2.45, 2.75) is 26.4 Å². The first-order valence-electron chi connectivity index (χ1n) is 10.5. The predicted octanol–water partition coefficient (Wildman–Crippen LogP) is 7.88. The Morgan fingerprint density at radius 2 is 1.67 bits per heavy atom. The summed E-state index contributed by atoms with van der Waals surface area (Å²) >= 11 is 18.7. The first-order chi connectivity index (χ1) is 15.6. The van der Waals surface area contributed by atoms with Crippen molar-refractivity contribution < 1.29 is 9.53 Å². The Morgan fingerprint density at radius 1 is 0.909 bits per heavy atom. The summed E-state index contributed by atoms with van der Waals surface area (Å²) in [6, 6.07) is 15.5. The van der Waals surface area contributed by atoms with Gasteiger partial charge in [-0.1, -0.05) is 40.9 Å². The fraction of sp³-hybridized carbons (Fsp3) is 0.240. The van der Waals surface area contributed by atoms with Gasteiger partial charge in [-0.25, -0.2) is 4.79 Å². The normalized spacial score (nSPS) is 11.7. The van der Waals surface area contributed by atoms with Crippen LogP contribution in [0, 0.1) is 0 Å². The molecule has 0 atom stereocenters. The molecule has 0 saturated heterocycles. The molecule has 0 radical (unpaired) electrons. The number of halogens is 3. The van der Waals surface area contributed by atoms with Crippen LogP contribution < -0.4 is 10.6 Å². The van der Waals surface area contributed by atoms with Gasteiger partial charge in [0.1, 0.15) is 5.60 Å². The number of carbonyl (C=O) groups excluding carboxylic acids is 1. The molecular weight excluding hydrogens is 481 g/mol. The number of amides is 1. The molecule has 3 N–H and O–H groups in total. The van der Waals surface area contributed by atoms with E-state index in [0.717, 1.165) is 38.6 Å². The van der Waals surface area contributed by atoms with Gasteiger partial charge in [0, 0.05) is 51.2 Å². The van der Waals surface area contributed by atoms with Gasteiger partial charge in [0.25, 0.3) is 0 Å². The van der Waals surface area contributed by atoms with E-state index in [2.05, 4.69) is 27.8 Å². The Bertz CT molecular complexity index is 1340. The summed E-state index contributed by atoms with van der Waals surface area (Å²) in [4.78, 5) is 15.4. The number of rotatable bonds is 5. The fourth-order valence-electron chi connectivity index (χ4n) is 3.64. The molecule has 5 nitrogen and oxygen atoms in total. The summed E-state index contributed by atoms with van der Waals surface area (Å²) in [6.07, 6.45) is -0.447. The van der Waals surface area contributed by atoms with Crippen molar-refractivity contribution in [1.29, 1.82) is 0 Å².